The molecule has 0 saturated heterocycles. The molecule has 2 heterocycles. The van der Waals surface area contributed by atoms with Crippen LogP contribution in [-0.2, 0) is 13.6 Å². The van der Waals surface area contributed by atoms with Crippen molar-refractivity contribution in [3.8, 4) is 0 Å². The Morgan fingerprint density at radius 2 is 1.58 bits per heavy atom. The lowest BCUT2D eigenvalue weighted by atomic mass is 10.1. The molecule has 0 bridgehead atoms. The zero-order valence-corrected chi connectivity index (χ0v) is 15.3. The molecular formula is C23H21N3. The number of aromatic nitrogens is 3. The summed E-state index contributed by atoms with van der Waals surface area (Å²) in [5, 5.41) is 2.63. The fourth-order valence-corrected chi connectivity index (χ4v) is 3.95. The van der Waals surface area contributed by atoms with Crippen molar-refractivity contribution < 1.29 is 0 Å². The number of nitrogens with zero attached hydrogens (tertiary/aromatic N) is 3. The molecule has 3 nitrogen and oxygen atoms in total. The molecule has 128 valence electrons. The van der Waals surface area contributed by atoms with Crippen LogP contribution in [0.1, 0.15) is 16.7 Å². The van der Waals surface area contributed by atoms with Crippen LogP contribution >= 0.6 is 0 Å². The summed E-state index contributed by atoms with van der Waals surface area (Å²) in [5.74, 6) is 0. The van der Waals surface area contributed by atoms with Crippen LogP contribution in [0.3, 0.4) is 0 Å². The molecular weight excluding hydrogens is 318 g/mol. The summed E-state index contributed by atoms with van der Waals surface area (Å²) in [6.07, 6.45) is 1.96. The van der Waals surface area contributed by atoms with Gasteiger partial charge in [0, 0.05) is 35.4 Å². The Balaban J connectivity index is 1.64. The predicted octanol–water partition coefficient (Wildman–Crippen LogP) is 5.35. The molecule has 2 aromatic heterocycles. The Kier molecular flexibility index (Phi) is 3.20. The van der Waals surface area contributed by atoms with Crippen LogP contribution < -0.4 is 0 Å². The van der Waals surface area contributed by atoms with E-state index in [0.717, 1.165) is 12.1 Å². The third-order valence-corrected chi connectivity index (χ3v) is 5.57. The molecule has 5 rings (SSSR count). The van der Waals surface area contributed by atoms with Gasteiger partial charge in [0.15, 0.2) is 0 Å². The summed E-state index contributed by atoms with van der Waals surface area (Å²) >= 11 is 0. The Hall–Kier alpha value is -3.07. The zero-order valence-electron chi connectivity index (χ0n) is 15.3. The Bertz CT molecular complexity index is 1290. The van der Waals surface area contributed by atoms with E-state index in [1.165, 1.54) is 44.0 Å². The maximum absolute atomic E-state index is 4.59. The van der Waals surface area contributed by atoms with Gasteiger partial charge in [0.2, 0.25) is 0 Å². The van der Waals surface area contributed by atoms with Gasteiger partial charge < -0.3 is 9.13 Å². The largest absolute Gasteiger partial charge is 0.344 e. The van der Waals surface area contributed by atoms with Crippen LogP contribution in [0.25, 0.3) is 32.8 Å². The molecule has 0 spiro atoms. The molecule has 0 amide bonds. The summed E-state index contributed by atoms with van der Waals surface area (Å²) in [4.78, 5) is 4.59. The number of hydrogen-bond donors (Lipinski definition) is 0. The van der Waals surface area contributed by atoms with E-state index < -0.39 is 0 Å². The van der Waals surface area contributed by atoms with E-state index in [0.29, 0.717) is 0 Å². The maximum atomic E-state index is 4.59. The van der Waals surface area contributed by atoms with Crippen LogP contribution in [0.4, 0.5) is 0 Å². The van der Waals surface area contributed by atoms with E-state index in [9.17, 15) is 0 Å². The van der Waals surface area contributed by atoms with Crippen LogP contribution in [-0.4, -0.2) is 14.1 Å². The predicted molar refractivity (Wildman–Crippen MR) is 109 cm³/mol. The highest BCUT2D eigenvalue weighted by Crippen LogP contribution is 2.29. The monoisotopic (exact) mass is 339 g/mol. The van der Waals surface area contributed by atoms with E-state index in [1.54, 1.807) is 0 Å². The lowest BCUT2D eigenvalue weighted by Crippen LogP contribution is -1.98. The topological polar surface area (TPSA) is 22.8 Å². The van der Waals surface area contributed by atoms with Crippen molar-refractivity contribution in [3.05, 3.63) is 77.6 Å². The summed E-state index contributed by atoms with van der Waals surface area (Å²) in [7, 11) is 2.14. The van der Waals surface area contributed by atoms with E-state index in [2.05, 4.69) is 89.6 Å². The second-order valence-corrected chi connectivity index (χ2v) is 7.23. The third kappa shape index (κ3) is 2.17. The molecule has 0 N–H and O–H groups in total. The first kappa shape index (κ1) is 15.2. The number of fused-ring (bicyclic) bond motifs is 4. The molecule has 0 aliphatic carbocycles. The Morgan fingerprint density at radius 3 is 2.46 bits per heavy atom. The molecule has 5 aromatic rings. The number of para-hydroxylation sites is 1. The van der Waals surface area contributed by atoms with Crippen molar-refractivity contribution in [3.63, 3.8) is 0 Å². The first-order chi connectivity index (χ1) is 12.6. The fourth-order valence-electron chi connectivity index (χ4n) is 3.95. The SMILES string of the molecule is Cc1cc2ncn(Cc3ccc4c(c3)c3ccccc3n4C)c2cc1C. The molecule has 0 saturated carbocycles. The minimum atomic E-state index is 0.832. The van der Waals surface area contributed by atoms with Gasteiger partial charge in [0.25, 0.3) is 0 Å². The summed E-state index contributed by atoms with van der Waals surface area (Å²) in [6, 6.07) is 19.8. The summed E-state index contributed by atoms with van der Waals surface area (Å²) < 4.78 is 4.52. The summed E-state index contributed by atoms with van der Waals surface area (Å²) in [5.41, 5.74) is 8.72. The first-order valence-electron chi connectivity index (χ1n) is 9.00. The lowest BCUT2D eigenvalue weighted by Gasteiger charge is -2.07. The van der Waals surface area contributed by atoms with E-state index in [1.807, 2.05) is 6.33 Å². The number of rotatable bonds is 2. The smallest absolute Gasteiger partial charge is 0.0961 e. The van der Waals surface area contributed by atoms with Gasteiger partial charge in [-0.1, -0.05) is 24.3 Å². The van der Waals surface area contributed by atoms with Gasteiger partial charge in [-0.15, -0.1) is 0 Å². The lowest BCUT2D eigenvalue weighted by molar-refractivity contribution is 0.825. The van der Waals surface area contributed by atoms with Crippen molar-refractivity contribution in [1.82, 2.24) is 14.1 Å². The average Bonchev–Trinajstić information content (AvgIpc) is 3.15. The van der Waals surface area contributed by atoms with Gasteiger partial charge in [0.05, 0.1) is 17.4 Å². The normalized spacial score (nSPS) is 11.8. The Morgan fingerprint density at radius 1 is 0.808 bits per heavy atom. The van der Waals surface area contributed by atoms with E-state index in [-0.39, 0.29) is 0 Å². The molecule has 0 fully saturated rings. The average molecular weight is 339 g/mol. The molecule has 0 aliphatic heterocycles. The fraction of sp³-hybridized carbons (Fsp3) is 0.174. The van der Waals surface area contributed by atoms with E-state index >= 15 is 0 Å². The van der Waals surface area contributed by atoms with Gasteiger partial charge in [-0.25, -0.2) is 4.98 Å². The highest BCUT2D eigenvalue weighted by molar-refractivity contribution is 6.08. The Labute approximate surface area is 152 Å². The van der Waals surface area contributed by atoms with E-state index in [4.69, 9.17) is 0 Å². The van der Waals surface area contributed by atoms with Gasteiger partial charge in [0.1, 0.15) is 0 Å². The number of benzene rings is 3. The number of imidazole rings is 1. The number of hydrogen-bond acceptors (Lipinski definition) is 1. The maximum Gasteiger partial charge on any atom is 0.0961 e. The minimum absolute atomic E-state index is 0.832. The number of aryl methyl sites for hydroxylation is 3. The molecule has 3 heteroatoms. The molecule has 3 aromatic carbocycles. The molecule has 0 aliphatic rings. The first-order valence-corrected chi connectivity index (χ1v) is 9.00. The highest BCUT2D eigenvalue weighted by Gasteiger charge is 2.10. The molecule has 0 unspecified atom stereocenters. The van der Waals surface area contributed by atoms with Gasteiger partial charge in [-0.3, -0.25) is 0 Å². The van der Waals surface area contributed by atoms with Gasteiger partial charge in [-0.2, -0.15) is 0 Å². The van der Waals surface area contributed by atoms with Crippen LogP contribution in [0.5, 0.6) is 0 Å². The standard InChI is InChI=1S/C23H21N3/c1-15-10-20-23(11-16(15)2)26(14-24-20)13-17-8-9-22-19(12-17)18-6-4-5-7-21(18)25(22)3/h4-12,14H,13H2,1-3H3. The van der Waals surface area contributed by atoms with Crippen LogP contribution in [0.15, 0.2) is 60.9 Å². The van der Waals surface area contributed by atoms with Crippen molar-refractivity contribution in [1.29, 1.82) is 0 Å². The summed E-state index contributed by atoms with van der Waals surface area (Å²) in [6.45, 7) is 5.13. The van der Waals surface area contributed by atoms with Gasteiger partial charge in [-0.05, 0) is 60.9 Å². The van der Waals surface area contributed by atoms with Crippen molar-refractivity contribution >= 4 is 32.8 Å². The quantitative estimate of drug-likeness (QED) is 0.425. The van der Waals surface area contributed by atoms with Crippen molar-refractivity contribution in [2.24, 2.45) is 7.05 Å². The van der Waals surface area contributed by atoms with Crippen LogP contribution in [0, 0.1) is 13.8 Å². The highest BCUT2D eigenvalue weighted by atomic mass is 15.0. The van der Waals surface area contributed by atoms with Crippen molar-refractivity contribution in [2.75, 3.05) is 0 Å². The zero-order chi connectivity index (χ0) is 17.8. The second-order valence-electron chi connectivity index (χ2n) is 7.23. The second kappa shape index (κ2) is 5.46. The molecule has 26 heavy (non-hydrogen) atoms. The van der Waals surface area contributed by atoms with Crippen molar-refractivity contribution in [2.45, 2.75) is 20.4 Å². The third-order valence-electron chi connectivity index (χ3n) is 5.57. The van der Waals surface area contributed by atoms with Gasteiger partial charge >= 0.3 is 0 Å². The minimum Gasteiger partial charge on any atom is -0.344 e. The van der Waals surface area contributed by atoms with Crippen LogP contribution in [0.2, 0.25) is 0 Å². The molecule has 0 radical (unpaired) electrons. The molecule has 0 atom stereocenters.